The summed E-state index contributed by atoms with van der Waals surface area (Å²) in [5.41, 5.74) is 0. The summed E-state index contributed by atoms with van der Waals surface area (Å²) in [7, 11) is 0. The second kappa shape index (κ2) is 4.42. The molecule has 1 heterocycles. The molecule has 2 atom stereocenters. The van der Waals surface area contributed by atoms with Crippen molar-refractivity contribution in [2.45, 2.75) is 26.1 Å². The van der Waals surface area contributed by atoms with E-state index in [9.17, 15) is 9.90 Å². The lowest BCUT2D eigenvalue weighted by molar-refractivity contribution is -0.187. The van der Waals surface area contributed by atoms with Crippen LogP contribution in [0.3, 0.4) is 0 Å². The Balaban J connectivity index is 2.42. The van der Waals surface area contributed by atoms with Gasteiger partial charge < -0.3 is 14.6 Å². The quantitative estimate of drug-likeness (QED) is 0.611. The Morgan fingerprint density at radius 2 is 2.50 bits per heavy atom. The van der Waals surface area contributed by atoms with E-state index in [0.29, 0.717) is 19.6 Å². The lowest BCUT2D eigenvalue weighted by Crippen LogP contribution is -2.35. The molecule has 12 heavy (non-hydrogen) atoms. The van der Waals surface area contributed by atoms with Crippen LogP contribution in [0, 0.1) is 5.92 Å². The smallest absolute Gasteiger partial charge is 0.314 e. The van der Waals surface area contributed by atoms with Crippen molar-refractivity contribution in [1.29, 1.82) is 0 Å². The zero-order chi connectivity index (χ0) is 8.97. The fraction of sp³-hybridized carbons (Fsp3) is 0.875. The van der Waals surface area contributed by atoms with E-state index in [1.54, 1.807) is 6.92 Å². The van der Waals surface area contributed by atoms with Crippen molar-refractivity contribution in [2.24, 2.45) is 5.92 Å². The van der Waals surface area contributed by atoms with Gasteiger partial charge in [-0.2, -0.15) is 0 Å². The summed E-state index contributed by atoms with van der Waals surface area (Å²) in [6, 6.07) is 0. The van der Waals surface area contributed by atoms with Gasteiger partial charge in [-0.3, -0.25) is 4.79 Å². The highest BCUT2D eigenvalue weighted by molar-refractivity contribution is 5.72. The number of rotatable bonds is 2. The Hall–Kier alpha value is -0.610. The van der Waals surface area contributed by atoms with E-state index in [2.05, 4.69) is 0 Å². The minimum atomic E-state index is -0.974. The minimum Gasteiger partial charge on any atom is -0.466 e. The van der Waals surface area contributed by atoms with Gasteiger partial charge in [-0.15, -0.1) is 0 Å². The van der Waals surface area contributed by atoms with E-state index < -0.39 is 12.2 Å². The van der Waals surface area contributed by atoms with Gasteiger partial charge in [-0.05, 0) is 19.8 Å². The standard InChI is InChI=1S/C8H14O4/c1-2-11-7(9)6-4-3-5-12-8(6)10/h6,8,10H,2-5H2,1H3. The molecule has 1 saturated heterocycles. The van der Waals surface area contributed by atoms with E-state index in [1.807, 2.05) is 0 Å². The number of ether oxygens (including phenoxy) is 2. The highest BCUT2D eigenvalue weighted by atomic mass is 16.6. The Morgan fingerprint density at radius 3 is 3.08 bits per heavy atom. The van der Waals surface area contributed by atoms with Crippen LogP contribution in [0.2, 0.25) is 0 Å². The van der Waals surface area contributed by atoms with Crippen molar-refractivity contribution in [3.05, 3.63) is 0 Å². The molecular formula is C8H14O4. The number of aliphatic hydroxyl groups excluding tert-OH is 1. The van der Waals surface area contributed by atoms with Crippen molar-refractivity contribution >= 4 is 5.97 Å². The predicted octanol–water partition coefficient (Wildman–Crippen LogP) is 0.295. The molecule has 0 aliphatic carbocycles. The summed E-state index contributed by atoms with van der Waals surface area (Å²) in [5.74, 6) is -0.844. The summed E-state index contributed by atoms with van der Waals surface area (Å²) in [6.45, 7) is 2.62. The SMILES string of the molecule is CCOC(=O)C1CCCOC1O. The molecule has 70 valence electrons. The number of aliphatic hydroxyl groups is 1. The second-order valence-corrected chi connectivity index (χ2v) is 2.76. The molecule has 0 aromatic rings. The molecule has 0 aromatic heterocycles. The van der Waals surface area contributed by atoms with Crippen molar-refractivity contribution < 1.29 is 19.4 Å². The van der Waals surface area contributed by atoms with Crippen LogP contribution in [0.5, 0.6) is 0 Å². The maximum Gasteiger partial charge on any atom is 0.314 e. The van der Waals surface area contributed by atoms with Gasteiger partial charge in [0.15, 0.2) is 6.29 Å². The summed E-state index contributed by atoms with van der Waals surface area (Å²) in [5, 5.41) is 9.24. The average Bonchev–Trinajstić information content (AvgIpc) is 2.05. The first-order chi connectivity index (χ1) is 5.75. The van der Waals surface area contributed by atoms with E-state index in [0.717, 1.165) is 6.42 Å². The number of esters is 1. The molecule has 0 aromatic carbocycles. The van der Waals surface area contributed by atoms with Gasteiger partial charge >= 0.3 is 5.97 Å². The third-order valence-electron chi connectivity index (χ3n) is 1.88. The molecule has 0 amide bonds. The molecule has 1 aliphatic heterocycles. The number of carbonyl (C=O) groups is 1. The maximum atomic E-state index is 11.1. The first kappa shape index (κ1) is 9.48. The molecule has 0 bridgehead atoms. The van der Waals surface area contributed by atoms with Gasteiger partial charge in [0.25, 0.3) is 0 Å². The fourth-order valence-corrected chi connectivity index (χ4v) is 1.25. The van der Waals surface area contributed by atoms with Crippen LogP contribution in [0.25, 0.3) is 0 Å². The van der Waals surface area contributed by atoms with E-state index >= 15 is 0 Å². The second-order valence-electron chi connectivity index (χ2n) is 2.76. The summed E-state index contributed by atoms with van der Waals surface area (Å²) >= 11 is 0. The molecule has 0 spiro atoms. The summed E-state index contributed by atoms with van der Waals surface area (Å²) < 4.78 is 9.69. The Labute approximate surface area is 71.5 Å². The molecule has 0 radical (unpaired) electrons. The van der Waals surface area contributed by atoms with Crippen LogP contribution < -0.4 is 0 Å². The number of carbonyl (C=O) groups excluding carboxylic acids is 1. The lowest BCUT2D eigenvalue weighted by Gasteiger charge is -2.25. The Bertz CT molecular complexity index is 157. The molecular weight excluding hydrogens is 160 g/mol. The van der Waals surface area contributed by atoms with Gasteiger partial charge in [0.05, 0.1) is 6.61 Å². The highest BCUT2D eigenvalue weighted by Crippen LogP contribution is 2.20. The zero-order valence-corrected chi connectivity index (χ0v) is 7.16. The Morgan fingerprint density at radius 1 is 1.75 bits per heavy atom. The van der Waals surface area contributed by atoms with Crippen molar-refractivity contribution in [2.75, 3.05) is 13.2 Å². The van der Waals surface area contributed by atoms with E-state index in [1.165, 1.54) is 0 Å². The first-order valence-corrected chi connectivity index (χ1v) is 4.22. The summed E-state index contributed by atoms with van der Waals surface area (Å²) in [4.78, 5) is 11.1. The third kappa shape index (κ3) is 2.19. The topological polar surface area (TPSA) is 55.8 Å². The highest BCUT2D eigenvalue weighted by Gasteiger charge is 2.31. The molecule has 1 rings (SSSR count). The van der Waals surface area contributed by atoms with Crippen LogP contribution in [0.4, 0.5) is 0 Å². The molecule has 4 heteroatoms. The predicted molar refractivity (Wildman–Crippen MR) is 41.3 cm³/mol. The average molecular weight is 174 g/mol. The summed E-state index contributed by atoms with van der Waals surface area (Å²) in [6.07, 6.45) is 0.485. The van der Waals surface area contributed by atoms with Crippen LogP contribution in [0.1, 0.15) is 19.8 Å². The van der Waals surface area contributed by atoms with Crippen LogP contribution in [-0.2, 0) is 14.3 Å². The van der Waals surface area contributed by atoms with Crippen molar-refractivity contribution in [3.63, 3.8) is 0 Å². The maximum absolute atomic E-state index is 11.1. The van der Waals surface area contributed by atoms with Crippen LogP contribution >= 0.6 is 0 Å². The monoisotopic (exact) mass is 174 g/mol. The fourth-order valence-electron chi connectivity index (χ4n) is 1.25. The molecule has 1 aliphatic rings. The number of hydrogen-bond donors (Lipinski definition) is 1. The van der Waals surface area contributed by atoms with E-state index in [4.69, 9.17) is 9.47 Å². The van der Waals surface area contributed by atoms with Gasteiger partial charge in [-0.25, -0.2) is 0 Å². The minimum absolute atomic E-state index is 0.349. The normalized spacial score (nSPS) is 29.8. The lowest BCUT2D eigenvalue weighted by atomic mass is 10.0. The largest absolute Gasteiger partial charge is 0.466 e. The van der Waals surface area contributed by atoms with Crippen LogP contribution in [0.15, 0.2) is 0 Å². The van der Waals surface area contributed by atoms with E-state index in [-0.39, 0.29) is 5.97 Å². The van der Waals surface area contributed by atoms with Crippen molar-refractivity contribution in [1.82, 2.24) is 0 Å². The first-order valence-electron chi connectivity index (χ1n) is 4.22. The van der Waals surface area contributed by atoms with Crippen molar-refractivity contribution in [3.8, 4) is 0 Å². The molecule has 4 nitrogen and oxygen atoms in total. The number of hydrogen-bond acceptors (Lipinski definition) is 4. The van der Waals surface area contributed by atoms with Crippen LogP contribution in [-0.4, -0.2) is 30.6 Å². The molecule has 1 fully saturated rings. The Kier molecular flexibility index (Phi) is 3.49. The zero-order valence-electron chi connectivity index (χ0n) is 7.16. The van der Waals surface area contributed by atoms with Gasteiger partial charge in [0.2, 0.25) is 0 Å². The molecule has 0 saturated carbocycles. The molecule has 1 N–H and O–H groups in total. The van der Waals surface area contributed by atoms with Gasteiger partial charge in [0, 0.05) is 6.61 Å². The molecule has 2 unspecified atom stereocenters. The third-order valence-corrected chi connectivity index (χ3v) is 1.88. The van der Waals surface area contributed by atoms with Gasteiger partial charge in [-0.1, -0.05) is 0 Å². The van der Waals surface area contributed by atoms with Gasteiger partial charge in [0.1, 0.15) is 5.92 Å².